The quantitative estimate of drug-likeness (QED) is 0.845. The number of amides is 1. The van der Waals surface area contributed by atoms with Gasteiger partial charge in [-0.15, -0.1) is 0 Å². The number of aromatic nitrogens is 1. The highest BCUT2D eigenvalue weighted by Crippen LogP contribution is 2.31. The Labute approximate surface area is 155 Å². The van der Waals surface area contributed by atoms with Crippen LogP contribution in [-0.2, 0) is 4.74 Å². The highest BCUT2D eigenvalue weighted by atomic mass is 16.6. The summed E-state index contributed by atoms with van der Waals surface area (Å²) in [6.07, 6.45) is 1.44. The molecule has 0 atom stereocenters. The average Bonchev–Trinajstić information content (AvgIpc) is 2.49. The monoisotopic (exact) mass is 358 g/mol. The Balaban J connectivity index is 2.20. The molecule has 0 radical (unpaired) electrons. The first-order chi connectivity index (χ1) is 12.0. The molecular weight excluding hydrogens is 328 g/mol. The number of alkyl carbamates (subject to hydrolysis) is 1. The molecule has 0 aliphatic rings. The number of pyridine rings is 1. The van der Waals surface area contributed by atoms with Gasteiger partial charge in [-0.2, -0.15) is 0 Å². The maximum Gasteiger partial charge on any atom is 0.408 e. The fourth-order valence-electron chi connectivity index (χ4n) is 2.59. The van der Waals surface area contributed by atoms with Gasteiger partial charge in [-0.1, -0.05) is 18.2 Å². The molecule has 0 saturated carbocycles. The van der Waals surface area contributed by atoms with Crippen LogP contribution >= 0.6 is 0 Å². The van der Waals surface area contributed by atoms with Crippen molar-refractivity contribution in [3.8, 4) is 0 Å². The summed E-state index contributed by atoms with van der Waals surface area (Å²) in [6.45, 7) is 10.0. The van der Waals surface area contributed by atoms with Gasteiger partial charge in [0.15, 0.2) is 0 Å². The largest absolute Gasteiger partial charge is 0.444 e. The van der Waals surface area contributed by atoms with Crippen molar-refractivity contribution < 1.29 is 9.53 Å². The number of carbonyl (C=O) groups is 1. The van der Waals surface area contributed by atoms with Gasteiger partial charge in [0.2, 0.25) is 0 Å². The zero-order valence-corrected chi connectivity index (χ0v) is 16.8. The lowest BCUT2D eigenvalue weighted by atomic mass is 10.1. The first kappa shape index (κ1) is 19.8. The van der Waals surface area contributed by atoms with Crippen molar-refractivity contribution >= 4 is 28.4 Å². The maximum absolute atomic E-state index is 12.1. The van der Waals surface area contributed by atoms with Crippen LogP contribution in [0.25, 0.3) is 10.9 Å². The molecule has 1 aromatic carbocycles. The molecule has 0 saturated heterocycles. The standard InChI is InChI=1S/C20H30N4O2/c1-19(2,3)26-18(25)23-20(4,5)13-22-17-14-10-8-9-11-15(14)21-12-16(17)24(6)7/h8-12H,13H2,1-7H3,(H,21,22)(H,23,25). The van der Waals surface area contributed by atoms with Crippen molar-refractivity contribution in [2.24, 2.45) is 0 Å². The lowest BCUT2D eigenvalue weighted by molar-refractivity contribution is 0.0478. The number of nitrogens with zero attached hydrogens (tertiary/aromatic N) is 2. The third-order valence-electron chi connectivity index (χ3n) is 3.78. The highest BCUT2D eigenvalue weighted by Gasteiger charge is 2.25. The van der Waals surface area contributed by atoms with Crippen LogP contribution in [0.5, 0.6) is 0 Å². The Bertz CT molecular complexity index is 779. The van der Waals surface area contributed by atoms with E-state index in [1.54, 1.807) is 0 Å². The van der Waals surface area contributed by atoms with E-state index in [-0.39, 0.29) is 0 Å². The lowest BCUT2D eigenvalue weighted by Gasteiger charge is -2.30. The van der Waals surface area contributed by atoms with Crippen molar-refractivity contribution in [3.05, 3.63) is 30.5 Å². The predicted octanol–water partition coefficient (Wildman–Crippen LogP) is 4.02. The minimum atomic E-state index is -0.521. The summed E-state index contributed by atoms with van der Waals surface area (Å²) in [5.74, 6) is 0. The Morgan fingerprint density at radius 1 is 1.15 bits per heavy atom. The Morgan fingerprint density at radius 2 is 1.81 bits per heavy atom. The molecule has 1 amide bonds. The molecule has 0 spiro atoms. The molecule has 0 fully saturated rings. The number of rotatable bonds is 5. The Kier molecular flexibility index (Phi) is 5.64. The Morgan fingerprint density at radius 3 is 2.42 bits per heavy atom. The van der Waals surface area contributed by atoms with E-state index < -0.39 is 17.2 Å². The van der Waals surface area contributed by atoms with Gasteiger partial charge < -0.3 is 20.3 Å². The van der Waals surface area contributed by atoms with E-state index in [9.17, 15) is 4.79 Å². The number of para-hydroxylation sites is 1. The normalized spacial score (nSPS) is 12.0. The number of anilines is 2. The molecule has 0 aliphatic heterocycles. The zero-order valence-electron chi connectivity index (χ0n) is 16.8. The average molecular weight is 358 g/mol. The molecule has 2 N–H and O–H groups in total. The van der Waals surface area contributed by atoms with Gasteiger partial charge in [0.05, 0.1) is 28.6 Å². The molecule has 142 valence electrons. The highest BCUT2D eigenvalue weighted by molar-refractivity contribution is 5.97. The van der Waals surface area contributed by atoms with Crippen LogP contribution in [0.3, 0.4) is 0 Å². The molecule has 0 unspecified atom stereocenters. The number of ether oxygens (including phenoxy) is 1. The second-order valence-electron chi connectivity index (χ2n) is 8.29. The van der Waals surface area contributed by atoms with Gasteiger partial charge >= 0.3 is 6.09 Å². The number of benzene rings is 1. The molecule has 2 rings (SSSR count). The summed E-state index contributed by atoms with van der Waals surface area (Å²) in [6, 6.07) is 8.01. The van der Waals surface area contributed by atoms with Gasteiger partial charge in [0.1, 0.15) is 5.60 Å². The van der Waals surface area contributed by atoms with E-state index in [2.05, 4.69) is 15.6 Å². The molecule has 0 bridgehead atoms. The van der Waals surface area contributed by atoms with E-state index in [1.807, 2.05) is 84.1 Å². The van der Waals surface area contributed by atoms with E-state index >= 15 is 0 Å². The van der Waals surface area contributed by atoms with E-state index in [0.29, 0.717) is 6.54 Å². The van der Waals surface area contributed by atoms with Crippen LogP contribution in [0.4, 0.5) is 16.2 Å². The molecule has 1 aromatic heterocycles. The number of hydrogen-bond donors (Lipinski definition) is 2. The van der Waals surface area contributed by atoms with Crippen LogP contribution in [0.2, 0.25) is 0 Å². The summed E-state index contributed by atoms with van der Waals surface area (Å²) in [4.78, 5) is 18.6. The summed E-state index contributed by atoms with van der Waals surface area (Å²) < 4.78 is 5.36. The van der Waals surface area contributed by atoms with E-state index in [1.165, 1.54) is 0 Å². The third-order valence-corrected chi connectivity index (χ3v) is 3.78. The second kappa shape index (κ2) is 7.40. The molecule has 0 aliphatic carbocycles. The molecule has 1 heterocycles. The molecule has 26 heavy (non-hydrogen) atoms. The van der Waals surface area contributed by atoms with Crippen molar-refractivity contribution in [2.45, 2.75) is 45.8 Å². The molecule has 2 aromatic rings. The summed E-state index contributed by atoms with van der Waals surface area (Å²) in [7, 11) is 3.97. The smallest absolute Gasteiger partial charge is 0.408 e. The van der Waals surface area contributed by atoms with Gasteiger partial charge in [-0.25, -0.2) is 4.79 Å². The minimum Gasteiger partial charge on any atom is -0.444 e. The SMILES string of the molecule is CN(C)c1cnc2ccccc2c1NCC(C)(C)NC(=O)OC(C)(C)C. The zero-order chi connectivity index (χ0) is 19.5. The summed E-state index contributed by atoms with van der Waals surface area (Å²) in [5, 5.41) is 7.47. The van der Waals surface area contributed by atoms with Crippen molar-refractivity contribution in [1.29, 1.82) is 0 Å². The molecule has 6 heteroatoms. The predicted molar refractivity (Wildman–Crippen MR) is 108 cm³/mol. The van der Waals surface area contributed by atoms with Crippen LogP contribution in [0.1, 0.15) is 34.6 Å². The Hall–Kier alpha value is -2.50. The lowest BCUT2D eigenvalue weighted by Crippen LogP contribution is -2.50. The number of carbonyl (C=O) groups excluding carboxylic acids is 1. The first-order valence-corrected chi connectivity index (χ1v) is 8.79. The topological polar surface area (TPSA) is 66.5 Å². The number of hydrogen-bond acceptors (Lipinski definition) is 5. The van der Waals surface area contributed by atoms with Crippen molar-refractivity contribution in [2.75, 3.05) is 30.9 Å². The molecular formula is C20H30N4O2. The van der Waals surface area contributed by atoms with E-state index in [4.69, 9.17) is 4.74 Å². The van der Waals surface area contributed by atoms with Crippen LogP contribution in [0, 0.1) is 0 Å². The fraction of sp³-hybridized carbons (Fsp3) is 0.500. The van der Waals surface area contributed by atoms with Crippen molar-refractivity contribution in [3.63, 3.8) is 0 Å². The second-order valence-corrected chi connectivity index (χ2v) is 8.29. The summed E-state index contributed by atoms with van der Waals surface area (Å²) in [5.41, 5.74) is 1.92. The molecule has 6 nitrogen and oxygen atoms in total. The summed E-state index contributed by atoms with van der Waals surface area (Å²) >= 11 is 0. The van der Waals surface area contributed by atoms with Gasteiger partial charge in [0.25, 0.3) is 0 Å². The van der Waals surface area contributed by atoms with Crippen LogP contribution in [-0.4, -0.2) is 42.9 Å². The number of fused-ring (bicyclic) bond motifs is 1. The first-order valence-electron chi connectivity index (χ1n) is 8.79. The number of nitrogens with one attached hydrogen (secondary N) is 2. The van der Waals surface area contributed by atoms with Crippen molar-refractivity contribution in [1.82, 2.24) is 10.3 Å². The maximum atomic E-state index is 12.1. The van der Waals surface area contributed by atoms with Gasteiger partial charge in [-0.05, 0) is 40.7 Å². The third kappa shape index (κ3) is 5.25. The van der Waals surface area contributed by atoms with Gasteiger partial charge in [-0.3, -0.25) is 4.98 Å². The van der Waals surface area contributed by atoms with Crippen LogP contribution in [0.15, 0.2) is 30.5 Å². The van der Waals surface area contributed by atoms with E-state index in [0.717, 1.165) is 22.3 Å². The van der Waals surface area contributed by atoms with Crippen LogP contribution < -0.4 is 15.5 Å². The minimum absolute atomic E-state index is 0.420. The van der Waals surface area contributed by atoms with Gasteiger partial charge in [0, 0.05) is 26.0 Å². The fourth-order valence-corrected chi connectivity index (χ4v) is 2.59.